The van der Waals surface area contributed by atoms with Gasteiger partial charge in [0.2, 0.25) is 0 Å². The summed E-state index contributed by atoms with van der Waals surface area (Å²) in [6, 6.07) is 11.7. The maximum Gasteiger partial charge on any atom is 0.0948 e. The number of aliphatic hydroxyl groups is 1. The van der Waals surface area contributed by atoms with Crippen LogP contribution in [0.2, 0.25) is 0 Å². The molecule has 0 heterocycles. The van der Waals surface area contributed by atoms with Crippen LogP contribution in [0.15, 0.2) is 35.9 Å². The Morgan fingerprint density at radius 1 is 1.38 bits per heavy atom. The monoisotopic (exact) mass is 173 g/mol. The van der Waals surface area contributed by atoms with Crippen LogP contribution in [0.5, 0.6) is 0 Å². The second-order valence-electron chi connectivity index (χ2n) is 2.67. The van der Waals surface area contributed by atoms with Crippen molar-refractivity contribution >= 4 is 6.08 Å². The molecular formula is C11H11NO. The summed E-state index contributed by atoms with van der Waals surface area (Å²) in [5.74, 6) is 0. The Morgan fingerprint density at radius 2 is 2.08 bits per heavy atom. The number of nitrogens with zero attached hydrogens (tertiary/aromatic N) is 1. The van der Waals surface area contributed by atoms with Gasteiger partial charge in [-0.2, -0.15) is 5.26 Å². The van der Waals surface area contributed by atoms with E-state index in [1.165, 1.54) is 0 Å². The van der Waals surface area contributed by atoms with Crippen LogP contribution in [0.3, 0.4) is 0 Å². The molecule has 66 valence electrons. The van der Waals surface area contributed by atoms with Gasteiger partial charge in [0.15, 0.2) is 0 Å². The minimum Gasteiger partial charge on any atom is -0.396 e. The summed E-state index contributed by atoms with van der Waals surface area (Å²) in [6.45, 7) is 0.0201. The topological polar surface area (TPSA) is 44.0 Å². The highest BCUT2D eigenvalue weighted by molar-refractivity contribution is 5.56. The van der Waals surface area contributed by atoms with E-state index in [0.29, 0.717) is 12.0 Å². The average Bonchev–Trinajstić information content (AvgIpc) is 2.19. The van der Waals surface area contributed by atoms with Crippen molar-refractivity contribution in [1.29, 1.82) is 5.26 Å². The zero-order valence-corrected chi connectivity index (χ0v) is 7.27. The van der Waals surface area contributed by atoms with Crippen molar-refractivity contribution in [1.82, 2.24) is 0 Å². The third-order valence-corrected chi connectivity index (χ3v) is 1.67. The van der Waals surface area contributed by atoms with E-state index in [2.05, 4.69) is 6.07 Å². The molecule has 2 nitrogen and oxygen atoms in total. The Kier molecular flexibility index (Phi) is 3.74. The Balaban J connectivity index is 2.81. The van der Waals surface area contributed by atoms with Crippen LogP contribution in [-0.4, -0.2) is 11.7 Å². The summed E-state index contributed by atoms with van der Waals surface area (Å²) in [5, 5.41) is 17.3. The number of nitriles is 1. The lowest BCUT2D eigenvalue weighted by molar-refractivity contribution is 0.301. The molecule has 2 heteroatoms. The zero-order valence-electron chi connectivity index (χ0n) is 7.27. The lowest BCUT2D eigenvalue weighted by Gasteiger charge is -1.95. The first-order chi connectivity index (χ1) is 6.36. The van der Waals surface area contributed by atoms with Crippen LogP contribution in [-0.2, 0) is 0 Å². The molecule has 0 aromatic heterocycles. The molecule has 13 heavy (non-hydrogen) atoms. The predicted octanol–water partition coefficient (Wildman–Crippen LogP) is 1.98. The Bertz CT molecular complexity index is 322. The first-order valence-corrected chi connectivity index (χ1v) is 4.13. The molecule has 1 aromatic carbocycles. The van der Waals surface area contributed by atoms with E-state index in [4.69, 9.17) is 10.4 Å². The van der Waals surface area contributed by atoms with Crippen molar-refractivity contribution in [3.8, 4) is 6.07 Å². The van der Waals surface area contributed by atoms with E-state index in [0.717, 1.165) is 5.56 Å². The predicted molar refractivity (Wildman–Crippen MR) is 51.7 cm³/mol. The van der Waals surface area contributed by atoms with Crippen LogP contribution >= 0.6 is 0 Å². The quantitative estimate of drug-likeness (QED) is 0.710. The van der Waals surface area contributed by atoms with Gasteiger partial charge in [-0.05, 0) is 11.6 Å². The van der Waals surface area contributed by atoms with Gasteiger partial charge in [-0.1, -0.05) is 30.3 Å². The molecule has 0 aliphatic carbocycles. The fraction of sp³-hybridized carbons (Fsp3) is 0.182. The molecule has 0 aliphatic heterocycles. The molecule has 0 spiro atoms. The Labute approximate surface area is 77.8 Å². The summed E-state index contributed by atoms with van der Waals surface area (Å²) in [7, 11) is 0. The van der Waals surface area contributed by atoms with Crippen LogP contribution in [0.4, 0.5) is 0 Å². The smallest absolute Gasteiger partial charge is 0.0948 e. The lowest BCUT2D eigenvalue weighted by atomic mass is 10.1. The second kappa shape index (κ2) is 5.13. The van der Waals surface area contributed by atoms with E-state index in [9.17, 15) is 0 Å². The molecule has 0 unspecified atom stereocenters. The molecule has 0 amide bonds. The summed E-state index contributed by atoms with van der Waals surface area (Å²) in [6.07, 6.45) is 2.21. The highest BCUT2D eigenvalue weighted by Crippen LogP contribution is 2.08. The fourth-order valence-electron chi connectivity index (χ4n) is 1.03. The Hall–Kier alpha value is -1.59. The van der Waals surface area contributed by atoms with Gasteiger partial charge in [0.25, 0.3) is 0 Å². The fourth-order valence-corrected chi connectivity index (χ4v) is 1.03. The van der Waals surface area contributed by atoms with Gasteiger partial charge in [0.05, 0.1) is 6.07 Å². The molecular weight excluding hydrogens is 162 g/mol. The minimum absolute atomic E-state index is 0.0201. The molecule has 1 rings (SSSR count). The first-order valence-electron chi connectivity index (χ1n) is 4.13. The van der Waals surface area contributed by atoms with E-state index in [1.54, 1.807) is 6.08 Å². The van der Waals surface area contributed by atoms with Gasteiger partial charge in [0.1, 0.15) is 0 Å². The normalized spacial score (nSPS) is 10.9. The van der Waals surface area contributed by atoms with E-state index >= 15 is 0 Å². The Morgan fingerprint density at radius 3 is 2.62 bits per heavy atom. The average molecular weight is 173 g/mol. The number of rotatable bonds is 3. The summed E-state index contributed by atoms with van der Waals surface area (Å²) >= 11 is 0. The number of aliphatic hydroxyl groups excluding tert-OH is 1. The minimum atomic E-state index is 0.0201. The summed E-state index contributed by atoms with van der Waals surface area (Å²) in [4.78, 5) is 0. The number of benzene rings is 1. The molecule has 1 aromatic rings. The standard InChI is InChI=1S/C11H11NO/c12-9-11(6-7-13)8-10-4-2-1-3-5-10/h1-5,8,13H,6-7H2/b11-8+. The molecule has 0 atom stereocenters. The summed E-state index contributed by atoms with van der Waals surface area (Å²) in [5.41, 5.74) is 1.60. The van der Waals surface area contributed by atoms with E-state index < -0.39 is 0 Å². The van der Waals surface area contributed by atoms with Gasteiger partial charge < -0.3 is 5.11 Å². The third kappa shape index (κ3) is 3.10. The van der Waals surface area contributed by atoms with Crippen LogP contribution < -0.4 is 0 Å². The molecule has 0 aliphatic rings. The molecule has 0 radical (unpaired) electrons. The van der Waals surface area contributed by atoms with Crippen molar-refractivity contribution in [3.63, 3.8) is 0 Å². The largest absolute Gasteiger partial charge is 0.396 e. The molecule has 0 fully saturated rings. The molecule has 0 saturated carbocycles. The van der Waals surface area contributed by atoms with E-state index in [-0.39, 0.29) is 6.61 Å². The van der Waals surface area contributed by atoms with Gasteiger partial charge >= 0.3 is 0 Å². The third-order valence-electron chi connectivity index (χ3n) is 1.67. The number of hydrogen-bond donors (Lipinski definition) is 1. The van der Waals surface area contributed by atoms with Crippen LogP contribution in [0.1, 0.15) is 12.0 Å². The van der Waals surface area contributed by atoms with E-state index in [1.807, 2.05) is 30.3 Å². The summed E-state index contributed by atoms with van der Waals surface area (Å²) < 4.78 is 0. The highest BCUT2D eigenvalue weighted by atomic mass is 16.2. The highest BCUT2D eigenvalue weighted by Gasteiger charge is 1.94. The maximum atomic E-state index is 8.69. The van der Waals surface area contributed by atoms with Crippen molar-refractivity contribution in [2.75, 3.05) is 6.61 Å². The molecule has 0 bridgehead atoms. The molecule has 1 N–H and O–H groups in total. The van der Waals surface area contributed by atoms with Crippen molar-refractivity contribution in [3.05, 3.63) is 41.5 Å². The maximum absolute atomic E-state index is 8.69. The molecule has 0 saturated heterocycles. The lowest BCUT2D eigenvalue weighted by Crippen LogP contribution is -1.85. The van der Waals surface area contributed by atoms with Gasteiger partial charge in [-0.15, -0.1) is 0 Å². The van der Waals surface area contributed by atoms with Gasteiger partial charge in [-0.25, -0.2) is 0 Å². The number of hydrogen-bond acceptors (Lipinski definition) is 2. The zero-order chi connectivity index (χ0) is 9.52. The van der Waals surface area contributed by atoms with Crippen molar-refractivity contribution in [2.24, 2.45) is 0 Å². The van der Waals surface area contributed by atoms with Gasteiger partial charge in [0, 0.05) is 18.6 Å². The van der Waals surface area contributed by atoms with Crippen molar-refractivity contribution < 1.29 is 5.11 Å². The SMILES string of the molecule is N#C/C(=C/c1ccccc1)CCO. The first kappa shape index (κ1) is 9.50. The van der Waals surface area contributed by atoms with Crippen molar-refractivity contribution in [2.45, 2.75) is 6.42 Å². The van der Waals surface area contributed by atoms with Gasteiger partial charge in [-0.3, -0.25) is 0 Å². The second-order valence-corrected chi connectivity index (χ2v) is 2.67. The van der Waals surface area contributed by atoms with Crippen LogP contribution in [0.25, 0.3) is 6.08 Å². The van der Waals surface area contributed by atoms with Crippen LogP contribution in [0, 0.1) is 11.3 Å².